The van der Waals surface area contributed by atoms with Gasteiger partial charge in [-0.3, -0.25) is 0 Å². The summed E-state index contributed by atoms with van der Waals surface area (Å²) in [6.07, 6.45) is 12.7. The van der Waals surface area contributed by atoms with Gasteiger partial charge in [0, 0.05) is 38.5 Å². The highest BCUT2D eigenvalue weighted by Crippen LogP contribution is 2.41. The molecule has 0 spiro atoms. The van der Waals surface area contributed by atoms with Crippen molar-refractivity contribution in [3.63, 3.8) is 0 Å². The zero-order valence-electron chi connectivity index (χ0n) is 30.9. The van der Waals surface area contributed by atoms with Crippen LogP contribution >= 0.6 is 0 Å². The molecule has 11 rings (SSSR count). The molecule has 1 unspecified atom stereocenters. The van der Waals surface area contributed by atoms with Crippen LogP contribution in [0, 0.1) is 0 Å². The summed E-state index contributed by atoms with van der Waals surface area (Å²) >= 11 is 0. The molecule has 5 heteroatoms. The van der Waals surface area contributed by atoms with Crippen LogP contribution in [0.2, 0.25) is 0 Å². The second kappa shape index (κ2) is 13.4. The summed E-state index contributed by atoms with van der Waals surface area (Å²) in [5, 5.41) is 8.76. The van der Waals surface area contributed by atoms with Crippen LogP contribution in [0.3, 0.4) is 0 Å². The fourth-order valence-corrected chi connectivity index (χ4v) is 8.89. The van der Waals surface area contributed by atoms with Gasteiger partial charge in [-0.1, -0.05) is 127 Å². The summed E-state index contributed by atoms with van der Waals surface area (Å²) in [5.41, 5.74) is 13.3. The highest BCUT2D eigenvalue weighted by molar-refractivity contribution is 6.20. The third-order valence-electron chi connectivity index (χ3n) is 11.6. The molecule has 0 amide bonds. The Balaban J connectivity index is 1.04. The van der Waals surface area contributed by atoms with E-state index >= 15 is 0 Å². The van der Waals surface area contributed by atoms with Gasteiger partial charge in [0.1, 0.15) is 12.0 Å². The SMILES string of the molecule is C1=C(C2=NC(C3=CC=C(n4c5ccccc5c5cc6c7ccccc7n(-c7ccccc7)c6cc54)CC3)=NC(c3ccccc3)N2)C=C(c2ccccc2)CC1. The average Bonchev–Trinajstić information content (AvgIpc) is 3.78. The summed E-state index contributed by atoms with van der Waals surface area (Å²) in [7, 11) is 0. The van der Waals surface area contributed by atoms with Crippen molar-refractivity contribution in [2.45, 2.75) is 31.8 Å². The van der Waals surface area contributed by atoms with Crippen LogP contribution in [0.1, 0.15) is 43.0 Å². The Labute approximate surface area is 325 Å². The Kier molecular flexibility index (Phi) is 7.76. The molecule has 0 radical (unpaired) electrons. The van der Waals surface area contributed by atoms with E-state index in [-0.39, 0.29) is 6.17 Å². The molecule has 268 valence electrons. The van der Waals surface area contributed by atoms with Gasteiger partial charge in [0.05, 0.1) is 22.1 Å². The van der Waals surface area contributed by atoms with Gasteiger partial charge in [-0.25, -0.2) is 9.98 Å². The van der Waals surface area contributed by atoms with E-state index in [9.17, 15) is 0 Å². The summed E-state index contributed by atoms with van der Waals surface area (Å²) in [6.45, 7) is 0. The first-order valence-corrected chi connectivity index (χ1v) is 19.6. The van der Waals surface area contributed by atoms with Gasteiger partial charge >= 0.3 is 0 Å². The molecule has 0 fully saturated rings. The number of amidine groups is 2. The summed E-state index contributed by atoms with van der Waals surface area (Å²) in [5.74, 6) is 1.69. The fourth-order valence-electron chi connectivity index (χ4n) is 8.89. The van der Waals surface area contributed by atoms with Crippen LogP contribution in [-0.4, -0.2) is 20.8 Å². The molecule has 2 aliphatic carbocycles. The molecule has 6 aromatic carbocycles. The molecule has 0 saturated heterocycles. The number of allylic oxidation sites excluding steroid dienone is 5. The van der Waals surface area contributed by atoms with Crippen molar-refractivity contribution in [3.8, 4) is 5.69 Å². The van der Waals surface area contributed by atoms with Crippen molar-refractivity contribution in [1.82, 2.24) is 14.5 Å². The van der Waals surface area contributed by atoms with Crippen LogP contribution in [0.25, 0.3) is 60.6 Å². The van der Waals surface area contributed by atoms with E-state index in [1.165, 1.54) is 60.4 Å². The summed E-state index contributed by atoms with van der Waals surface area (Å²) in [4.78, 5) is 10.5. The molecule has 1 N–H and O–H groups in total. The lowest BCUT2D eigenvalue weighted by atomic mass is 9.93. The maximum Gasteiger partial charge on any atom is 0.155 e. The zero-order chi connectivity index (χ0) is 37.0. The molecule has 8 aromatic rings. The van der Waals surface area contributed by atoms with Crippen molar-refractivity contribution in [2.24, 2.45) is 9.98 Å². The number of aliphatic imine (C=N–C) groups is 2. The first-order valence-electron chi connectivity index (χ1n) is 19.6. The van der Waals surface area contributed by atoms with E-state index in [1.54, 1.807) is 0 Å². The smallest absolute Gasteiger partial charge is 0.155 e. The third-order valence-corrected chi connectivity index (χ3v) is 11.6. The lowest BCUT2D eigenvalue weighted by Crippen LogP contribution is -2.34. The highest BCUT2D eigenvalue weighted by atomic mass is 15.2. The molecule has 1 aliphatic heterocycles. The van der Waals surface area contributed by atoms with Crippen LogP contribution in [0.4, 0.5) is 0 Å². The second-order valence-corrected chi connectivity index (χ2v) is 14.9. The Hall–Kier alpha value is -6.98. The standard InChI is InChI=1S/C51H39N5/c1-4-15-34(16-5-1)37-19-14-20-38(31-37)51-53-49(35-17-6-2-7-18-35)52-50(54-51)36-27-29-40(30-28-36)56-46-26-13-11-24-42(46)44-32-43-41-23-10-12-25-45(41)55(47(43)33-48(44)56)39-21-8-3-9-22-39/h1-13,15-18,20-27,29,31-33,49H,14,19,28,30H2,(H,52,53,54). The number of fused-ring (bicyclic) bond motifs is 6. The monoisotopic (exact) mass is 721 g/mol. The molecule has 0 saturated carbocycles. The minimum atomic E-state index is -0.225. The molecule has 5 nitrogen and oxygen atoms in total. The van der Waals surface area contributed by atoms with Crippen molar-refractivity contribution in [3.05, 3.63) is 198 Å². The third kappa shape index (κ3) is 5.46. The summed E-state index contributed by atoms with van der Waals surface area (Å²) in [6, 6.07) is 54.4. The highest BCUT2D eigenvalue weighted by Gasteiger charge is 2.26. The van der Waals surface area contributed by atoms with Gasteiger partial charge < -0.3 is 14.5 Å². The van der Waals surface area contributed by atoms with Crippen molar-refractivity contribution >= 4 is 66.6 Å². The maximum absolute atomic E-state index is 5.25. The van der Waals surface area contributed by atoms with Gasteiger partial charge in [-0.15, -0.1) is 0 Å². The van der Waals surface area contributed by atoms with E-state index in [0.29, 0.717) is 0 Å². The van der Waals surface area contributed by atoms with Crippen molar-refractivity contribution in [1.29, 1.82) is 0 Å². The number of hydrogen-bond acceptors (Lipinski definition) is 3. The van der Waals surface area contributed by atoms with E-state index < -0.39 is 0 Å². The minimum Gasteiger partial charge on any atom is -0.344 e. The molecule has 56 heavy (non-hydrogen) atoms. The molecule has 1 atom stereocenters. The lowest BCUT2D eigenvalue weighted by Gasteiger charge is -2.27. The predicted octanol–water partition coefficient (Wildman–Crippen LogP) is 12.4. The number of aromatic nitrogens is 2. The number of nitrogens with zero attached hydrogens (tertiary/aromatic N) is 4. The molecule has 2 aromatic heterocycles. The van der Waals surface area contributed by atoms with Crippen LogP contribution in [0.15, 0.2) is 197 Å². The first-order chi connectivity index (χ1) is 27.8. The Morgan fingerprint density at radius 2 is 1.18 bits per heavy atom. The zero-order valence-corrected chi connectivity index (χ0v) is 30.9. The number of rotatable bonds is 6. The minimum absolute atomic E-state index is 0.225. The Morgan fingerprint density at radius 1 is 0.536 bits per heavy atom. The molecular formula is C51H39N5. The molecule has 3 heterocycles. The maximum atomic E-state index is 5.25. The molecule has 3 aliphatic rings. The van der Waals surface area contributed by atoms with Gasteiger partial charge in [-0.2, -0.15) is 0 Å². The predicted molar refractivity (Wildman–Crippen MR) is 234 cm³/mol. The van der Waals surface area contributed by atoms with E-state index in [2.05, 4.69) is 190 Å². The number of hydrogen-bond donors (Lipinski definition) is 1. The Morgan fingerprint density at radius 3 is 1.89 bits per heavy atom. The van der Waals surface area contributed by atoms with E-state index in [0.717, 1.165) is 59.8 Å². The van der Waals surface area contributed by atoms with Gasteiger partial charge in [0.15, 0.2) is 5.84 Å². The fraction of sp³-hybridized carbons (Fsp3) is 0.0980. The topological polar surface area (TPSA) is 46.6 Å². The second-order valence-electron chi connectivity index (χ2n) is 14.9. The van der Waals surface area contributed by atoms with Crippen molar-refractivity contribution in [2.75, 3.05) is 0 Å². The van der Waals surface area contributed by atoms with Crippen LogP contribution < -0.4 is 5.32 Å². The van der Waals surface area contributed by atoms with E-state index in [1.807, 2.05) is 0 Å². The largest absolute Gasteiger partial charge is 0.344 e. The van der Waals surface area contributed by atoms with Crippen LogP contribution in [0.5, 0.6) is 0 Å². The molecule has 0 bridgehead atoms. The van der Waals surface area contributed by atoms with Crippen molar-refractivity contribution < 1.29 is 0 Å². The lowest BCUT2D eigenvalue weighted by molar-refractivity contribution is 0.672. The quantitative estimate of drug-likeness (QED) is 0.183. The normalized spacial score (nSPS) is 17.2. The molecular weight excluding hydrogens is 683 g/mol. The average molecular weight is 722 g/mol. The number of nitrogens with one attached hydrogen (secondary N) is 1. The van der Waals surface area contributed by atoms with Gasteiger partial charge in [0.2, 0.25) is 0 Å². The van der Waals surface area contributed by atoms with Gasteiger partial charge in [-0.05, 0) is 96.5 Å². The van der Waals surface area contributed by atoms with Crippen LogP contribution in [-0.2, 0) is 0 Å². The number of benzene rings is 6. The number of para-hydroxylation sites is 3. The Bertz CT molecular complexity index is 3020. The summed E-state index contributed by atoms with van der Waals surface area (Å²) < 4.78 is 4.89. The van der Waals surface area contributed by atoms with E-state index in [4.69, 9.17) is 9.98 Å². The first kappa shape index (κ1) is 32.5. The van der Waals surface area contributed by atoms with Gasteiger partial charge in [0.25, 0.3) is 0 Å².